The highest BCUT2D eigenvalue weighted by molar-refractivity contribution is 5.82. The van der Waals surface area contributed by atoms with Gasteiger partial charge in [-0.3, -0.25) is 4.79 Å². The van der Waals surface area contributed by atoms with Crippen molar-refractivity contribution in [2.24, 2.45) is 11.7 Å². The first-order chi connectivity index (χ1) is 8.52. The first-order valence-corrected chi connectivity index (χ1v) is 6.59. The fourth-order valence-corrected chi connectivity index (χ4v) is 2.82. The summed E-state index contributed by atoms with van der Waals surface area (Å²) in [5.41, 5.74) is 7.03. The fraction of sp³-hybridized carbons (Fsp3) is 0.533. The molecular formula is C15H22N2O. The SMILES string of the molecule is CC1(C)CC(CC(CN)c2ccccc2)C(=O)N1. The maximum Gasteiger partial charge on any atom is 0.223 e. The number of amides is 1. The van der Waals surface area contributed by atoms with Crippen LogP contribution in [0.3, 0.4) is 0 Å². The van der Waals surface area contributed by atoms with Crippen molar-refractivity contribution in [3.63, 3.8) is 0 Å². The molecule has 98 valence electrons. The van der Waals surface area contributed by atoms with Crippen LogP contribution in [0.4, 0.5) is 0 Å². The van der Waals surface area contributed by atoms with Crippen LogP contribution in [-0.2, 0) is 4.79 Å². The summed E-state index contributed by atoms with van der Waals surface area (Å²) in [6.07, 6.45) is 1.74. The number of hydrogen-bond acceptors (Lipinski definition) is 2. The smallest absolute Gasteiger partial charge is 0.223 e. The topological polar surface area (TPSA) is 55.1 Å². The number of carbonyl (C=O) groups is 1. The molecule has 2 unspecified atom stereocenters. The quantitative estimate of drug-likeness (QED) is 0.854. The Kier molecular flexibility index (Phi) is 3.71. The third-order valence-corrected chi connectivity index (χ3v) is 3.71. The zero-order chi connectivity index (χ0) is 13.2. The van der Waals surface area contributed by atoms with Gasteiger partial charge in [-0.15, -0.1) is 0 Å². The number of benzene rings is 1. The van der Waals surface area contributed by atoms with Gasteiger partial charge in [0.2, 0.25) is 5.91 Å². The largest absolute Gasteiger partial charge is 0.351 e. The monoisotopic (exact) mass is 246 g/mol. The molecule has 2 rings (SSSR count). The summed E-state index contributed by atoms with van der Waals surface area (Å²) in [7, 11) is 0. The molecule has 0 spiro atoms. The van der Waals surface area contributed by atoms with Crippen LogP contribution in [0.1, 0.15) is 38.2 Å². The molecule has 2 atom stereocenters. The van der Waals surface area contributed by atoms with Crippen molar-refractivity contribution in [1.29, 1.82) is 0 Å². The third kappa shape index (κ3) is 2.91. The van der Waals surface area contributed by atoms with Crippen LogP contribution in [0, 0.1) is 5.92 Å². The molecule has 1 aromatic rings. The molecule has 3 nitrogen and oxygen atoms in total. The molecule has 1 heterocycles. The highest BCUT2D eigenvalue weighted by Crippen LogP contribution is 2.32. The van der Waals surface area contributed by atoms with Crippen LogP contribution < -0.4 is 11.1 Å². The Morgan fingerprint density at radius 3 is 2.56 bits per heavy atom. The second kappa shape index (κ2) is 5.11. The van der Waals surface area contributed by atoms with Crippen molar-refractivity contribution in [3.05, 3.63) is 35.9 Å². The van der Waals surface area contributed by atoms with E-state index in [4.69, 9.17) is 5.73 Å². The Morgan fingerprint density at radius 2 is 2.06 bits per heavy atom. The lowest BCUT2D eigenvalue weighted by atomic mass is 9.85. The van der Waals surface area contributed by atoms with Crippen LogP contribution in [0.5, 0.6) is 0 Å². The molecule has 1 fully saturated rings. The molecule has 0 aromatic heterocycles. The number of nitrogens with one attached hydrogen (secondary N) is 1. The summed E-state index contributed by atoms with van der Waals surface area (Å²) in [5, 5.41) is 3.04. The van der Waals surface area contributed by atoms with Gasteiger partial charge in [0.05, 0.1) is 0 Å². The van der Waals surface area contributed by atoms with Gasteiger partial charge in [0.15, 0.2) is 0 Å². The molecule has 0 saturated carbocycles. The Hall–Kier alpha value is -1.35. The summed E-state index contributed by atoms with van der Waals surface area (Å²) >= 11 is 0. The first kappa shape index (κ1) is 13.1. The normalized spacial score (nSPS) is 23.7. The zero-order valence-corrected chi connectivity index (χ0v) is 11.1. The van der Waals surface area contributed by atoms with Gasteiger partial charge in [0, 0.05) is 11.5 Å². The van der Waals surface area contributed by atoms with Gasteiger partial charge in [0.1, 0.15) is 0 Å². The number of rotatable bonds is 4. The van der Waals surface area contributed by atoms with Crippen molar-refractivity contribution < 1.29 is 4.79 Å². The van der Waals surface area contributed by atoms with E-state index in [1.165, 1.54) is 5.56 Å². The van der Waals surface area contributed by atoms with E-state index in [-0.39, 0.29) is 23.3 Å². The Morgan fingerprint density at radius 1 is 1.39 bits per heavy atom. The minimum absolute atomic E-state index is 0.0718. The molecule has 0 aliphatic carbocycles. The summed E-state index contributed by atoms with van der Waals surface area (Å²) in [5.74, 6) is 0.541. The summed E-state index contributed by atoms with van der Waals surface area (Å²) in [6.45, 7) is 4.74. The van der Waals surface area contributed by atoms with Crippen molar-refractivity contribution in [2.75, 3.05) is 6.54 Å². The Labute approximate surface area is 109 Å². The predicted octanol–water partition coefficient (Wildman–Crippen LogP) is 2.03. The zero-order valence-electron chi connectivity index (χ0n) is 11.1. The van der Waals surface area contributed by atoms with Gasteiger partial charge in [-0.25, -0.2) is 0 Å². The van der Waals surface area contributed by atoms with E-state index in [1.54, 1.807) is 0 Å². The average molecular weight is 246 g/mol. The van der Waals surface area contributed by atoms with Crippen molar-refractivity contribution in [2.45, 2.75) is 38.1 Å². The van der Waals surface area contributed by atoms with E-state index in [2.05, 4.69) is 31.3 Å². The van der Waals surface area contributed by atoms with Crippen LogP contribution in [0.25, 0.3) is 0 Å². The summed E-state index contributed by atoms with van der Waals surface area (Å²) in [4.78, 5) is 11.9. The maximum atomic E-state index is 11.9. The van der Waals surface area contributed by atoms with Gasteiger partial charge in [-0.05, 0) is 44.7 Å². The molecule has 0 bridgehead atoms. The molecule has 1 aliphatic rings. The number of hydrogen-bond donors (Lipinski definition) is 2. The lowest BCUT2D eigenvalue weighted by molar-refractivity contribution is -0.123. The van der Waals surface area contributed by atoms with Crippen LogP contribution >= 0.6 is 0 Å². The lowest BCUT2D eigenvalue weighted by Crippen LogP contribution is -2.34. The molecular weight excluding hydrogens is 224 g/mol. The molecule has 1 aliphatic heterocycles. The van der Waals surface area contributed by atoms with E-state index in [0.29, 0.717) is 6.54 Å². The Bertz CT molecular complexity index is 414. The van der Waals surface area contributed by atoms with Crippen molar-refractivity contribution in [1.82, 2.24) is 5.32 Å². The van der Waals surface area contributed by atoms with Gasteiger partial charge < -0.3 is 11.1 Å². The average Bonchev–Trinajstić information content (AvgIpc) is 2.60. The first-order valence-electron chi connectivity index (χ1n) is 6.59. The number of nitrogens with two attached hydrogens (primary N) is 1. The van der Waals surface area contributed by atoms with Gasteiger partial charge >= 0.3 is 0 Å². The second-order valence-electron chi connectivity index (χ2n) is 5.85. The van der Waals surface area contributed by atoms with Crippen LogP contribution in [-0.4, -0.2) is 18.0 Å². The second-order valence-corrected chi connectivity index (χ2v) is 5.85. The van der Waals surface area contributed by atoms with E-state index >= 15 is 0 Å². The van der Waals surface area contributed by atoms with Gasteiger partial charge in [-0.1, -0.05) is 30.3 Å². The molecule has 3 N–H and O–H groups in total. The fourth-order valence-electron chi connectivity index (χ4n) is 2.82. The minimum Gasteiger partial charge on any atom is -0.351 e. The third-order valence-electron chi connectivity index (χ3n) is 3.71. The van der Waals surface area contributed by atoms with Gasteiger partial charge in [0.25, 0.3) is 0 Å². The van der Waals surface area contributed by atoms with Crippen LogP contribution in [0.15, 0.2) is 30.3 Å². The van der Waals surface area contributed by atoms with E-state index < -0.39 is 0 Å². The summed E-state index contributed by atoms with van der Waals surface area (Å²) in [6, 6.07) is 10.2. The molecule has 1 saturated heterocycles. The predicted molar refractivity (Wildman–Crippen MR) is 73.2 cm³/mol. The van der Waals surface area contributed by atoms with Crippen molar-refractivity contribution in [3.8, 4) is 0 Å². The molecule has 3 heteroatoms. The molecule has 0 radical (unpaired) electrons. The summed E-state index contributed by atoms with van der Waals surface area (Å²) < 4.78 is 0. The maximum absolute atomic E-state index is 11.9. The lowest BCUT2D eigenvalue weighted by Gasteiger charge is -2.19. The van der Waals surface area contributed by atoms with E-state index in [9.17, 15) is 4.79 Å². The highest BCUT2D eigenvalue weighted by atomic mass is 16.2. The minimum atomic E-state index is -0.0718. The highest BCUT2D eigenvalue weighted by Gasteiger charge is 2.38. The van der Waals surface area contributed by atoms with E-state index in [0.717, 1.165) is 12.8 Å². The van der Waals surface area contributed by atoms with Crippen molar-refractivity contribution >= 4 is 5.91 Å². The van der Waals surface area contributed by atoms with Gasteiger partial charge in [-0.2, -0.15) is 0 Å². The molecule has 1 aromatic carbocycles. The number of carbonyl (C=O) groups excluding carboxylic acids is 1. The molecule has 18 heavy (non-hydrogen) atoms. The Balaban J connectivity index is 2.06. The molecule has 1 amide bonds. The standard InChI is InChI=1S/C15H22N2O/c1-15(2)9-12(14(18)17-15)8-13(10-16)11-6-4-3-5-7-11/h3-7,12-13H,8-10,16H2,1-2H3,(H,17,18). The van der Waals surface area contributed by atoms with Crippen LogP contribution in [0.2, 0.25) is 0 Å². The van der Waals surface area contributed by atoms with E-state index in [1.807, 2.05) is 18.2 Å².